The zero-order chi connectivity index (χ0) is 14.8. The van der Waals surface area contributed by atoms with Crippen molar-refractivity contribution in [2.45, 2.75) is 45.2 Å². The van der Waals surface area contributed by atoms with Crippen molar-refractivity contribution >= 4 is 0 Å². The van der Waals surface area contributed by atoms with Crippen LogP contribution in [0.15, 0.2) is 28.8 Å². The van der Waals surface area contributed by atoms with E-state index in [2.05, 4.69) is 34.5 Å². The van der Waals surface area contributed by atoms with Crippen LogP contribution < -0.4 is 10.1 Å². The zero-order valence-electron chi connectivity index (χ0n) is 12.7. The fraction of sp³-hybridized carbons (Fsp3) is 0.500. The summed E-state index contributed by atoms with van der Waals surface area (Å²) < 4.78 is 10.9. The molecule has 2 heterocycles. The smallest absolute Gasteiger partial charge is 0.229 e. The first-order valence-corrected chi connectivity index (χ1v) is 7.42. The summed E-state index contributed by atoms with van der Waals surface area (Å²) in [6.07, 6.45) is 0. The Balaban J connectivity index is 1.61. The van der Waals surface area contributed by atoms with Crippen molar-refractivity contribution in [3.05, 3.63) is 41.5 Å². The van der Waals surface area contributed by atoms with Crippen LogP contribution in [-0.2, 0) is 6.54 Å². The molecule has 0 saturated carbocycles. The monoisotopic (exact) mass is 287 g/mol. The average Bonchev–Trinajstić information content (AvgIpc) is 3.11. The Morgan fingerprint density at radius 3 is 2.86 bits per heavy atom. The van der Waals surface area contributed by atoms with E-state index < -0.39 is 0 Å². The van der Waals surface area contributed by atoms with Crippen LogP contribution in [0.1, 0.15) is 49.9 Å². The van der Waals surface area contributed by atoms with Crippen molar-refractivity contribution in [1.82, 2.24) is 15.5 Å². The third kappa shape index (κ3) is 2.93. The van der Waals surface area contributed by atoms with Crippen LogP contribution in [0.4, 0.5) is 0 Å². The predicted molar refractivity (Wildman–Crippen MR) is 79.4 cm³/mol. The highest BCUT2D eigenvalue weighted by atomic mass is 16.5. The summed E-state index contributed by atoms with van der Waals surface area (Å²) in [5.41, 5.74) is 1.27. The molecular weight excluding hydrogens is 266 g/mol. The second-order valence-corrected chi connectivity index (χ2v) is 5.83. The molecule has 1 aliphatic heterocycles. The first-order valence-electron chi connectivity index (χ1n) is 7.42. The molecule has 5 heteroatoms. The summed E-state index contributed by atoms with van der Waals surface area (Å²) >= 11 is 0. The van der Waals surface area contributed by atoms with E-state index in [4.69, 9.17) is 9.26 Å². The quantitative estimate of drug-likeness (QED) is 0.916. The predicted octanol–water partition coefficient (Wildman–Crippen LogP) is 2.85. The summed E-state index contributed by atoms with van der Waals surface area (Å²) in [6, 6.07) is 8.51. The highest BCUT2D eigenvalue weighted by Gasteiger charge is 2.28. The molecular formula is C16H21N3O2. The van der Waals surface area contributed by atoms with E-state index in [0.717, 1.165) is 12.4 Å². The lowest BCUT2D eigenvalue weighted by Gasteiger charge is -2.19. The van der Waals surface area contributed by atoms with Crippen molar-refractivity contribution in [3.8, 4) is 5.75 Å². The van der Waals surface area contributed by atoms with Gasteiger partial charge in [-0.3, -0.25) is 0 Å². The van der Waals surface area contributed by atoms with Crippen LogP contribution in [0, 0.1) is 0 Å². The van der Waals surface area contributed by atoms with Crippen LogP contribution in [-0.4, -0.2) is 22.8 Å². The molecule has 5 nitrogen and oxygen atoms in total. The molecule has 0 radical (unpaired) electrons. The lowest BCUT2D eigenvalue weighted by atomic mass is 9.94. The molecule has 3 rings (SSSR count). The minimum Gasteiger partial charge on any atom is -0.493 e. The van der Waals surface area contributed by atoms with E-state index >= 15 is 0 Å². The molecule has 2 aromatic rings. The highest BCUT2D eigenvalue weighted by Crippen LogP contribution is 2.35. The summed E-state index contributed by atoms with van der Waals surface area (Å²) in [4.78, 5) is 4.38. The largest absolute Gasteiger partial charge is 0.493 e. The third-order valence-corrected chi connectivity index (χ3v) is 3.90. The van der Waals surface area contributed by atoms with Gasteiger partial charge in [0.25, 0.3) is 0 Å². The molecule has 1 aromatic heterocycles. The van der Waals surface area contributed by atoms with E-state index in [9.17, 15) is 0 Å². The maximum absolute atomic E-state index is 5.73. The van der Waals surface area contributed by atoms with Crippen molar-refractivity contribution in [2.24, 2.45) is 0 Å². The topological polar surface area (TPSA) is 60.2 Å². The maximum Gasteiger partial charge on any atom is 0.229 e. The summed E-state index contributed by atoms with van der Waals surface area (Å²) in [5.74, 6) is 3.01. The molecule has 1 aliphatic rings. The Labute approximate surface area is 124 Å². The van der Waals surface area contributed by atoms with Crippen molar-refractivity contribution in [2.75, 3.05) is 6.61 Å². The average molecular weight is 287 g/mol. The maximum atomic E-state index is 5.73. The molecule has 0 bridgehead atoms. The first-order chi connectivity index (χ1) is 10.1. The van der Waals surface area contributed by atoms with Crippen LogP contribution >= 0.6 is 0 Å². The summed E-state index contributed by atoms with van der Waals surface area (Å²) in [6.45, 7) is 7.58. The van der Waals surface area contributed by atoms with Gasteiger partial charge in [0, 0.05) is 23.4 Å². The van der Waals surface area contributed by atoms with Gasteiger partial charge in [-0.05, 0) is 13.0 Å². The van der Waals surface area contributed by atoms with Gasteiger partial charge in [-0.2, -0.15) is 4.98 Å². The molecule has 112 valence electrons. The van der Waals surface area contributed by atoms with E-state index in [1.54, 1.807) is 0 Å². The molecule has 0 saturated heterocycles. The van der Waals surface area contributed by atoms with Gasteiger partial charge >= 0.3 is 0 Å². The van der Waals surface area contributed by atoms with Crippen LogP contribution in [0.5, 0.6) is 5.75 Å². The Hall–Kier alpha value is -1.88. The number of para-hydroxylation sites is 1. The Morgan fingerprint density at radius 1 is 1.29 bits per heavy atom. The molecule has 1 N–H and O–H groups in total. The Bertz CT molecular complexity index is 609. The molecule has 0 unspecified atom stereocenters. The van der Waals surface area contributed by atoms with Gasteiger partial charge in [-0.15, -0.1) is 0 Å². The first kappa shape index (κ1) is 14.1. The van der Waals surface area contributed by atoms with E-state index in [0.29, 0.717) is 24.2 Å². The van der Waals surface area contributed by atoms with Gasteiger partial charge in [0.2, 0.25) is 5.89 Å². The molecule has 0 fully saturated rings. The van der Waals surface area contributed by atoms with Crippen LogP contribution in [0.3, 0.4) is 0 Å². The summed E-state index contributed by atoms with van der Waals surface area (Å²) in [5, 5.41) is 7.47. The molecule has 0 aliphatic carbocycles. The minimum absolute atomic E-state index is 0.263. The number of nitrogens with zero attached hydrogens (tertiary/aromatic N) is 2. The van der Waals surface area contributed by atoms with E-state index in [1.165, 1.54) is 5.56 Å². The van der Waals surface area contributed by atoms with Gasteiger partial charge in [0.1, 0.15) is 5.75 Å². The normalized spacial score (nSPS) is 18.6. The lowest BCUT2D eigenvalue weighted by molar-refractivity contribution is 0.302. The number of nitrogens with one attached hydrogen (secondary N) is 1. The standard InChI is InChI=1S/C16H21N3O2/c1-10(2)16-18-15(19-21-16)8-17-11(3)13-9-20-14-7-5-4-6-12(13)14/h4-7,10-11,13,17H,8-9H2,1-3H3/t11-,13+/m0/s1. The number of aromatic nitrogens is 2. The number of fused-ring (bicyclic) bond motifs is 1. The van der Waals surface area contributed by atoms with E-state index in [1.807, 2.05) is 26.0 Å². The molecule has 2 atom stereocenters. The lowest BCUT2D eigenvalue weighted by Crippen LogP contribution is -2.32. The molecule has 0 amide bonds. The van der Waals surface area contributed by atoms with Gasteiger partial charge in [0.15, 0.2) is 5.82 Å². The Morgan fingerprint density at radius 2 is 2.10 bits per heavy atom. The number of benzene rings is 1. The summed E-state index contributed by atoms with van der Waals surface area (Å²) in [7, 11) is 0. The third-order valence-electron chi connectivity index (χ3n) is 3.90. The molecule has 21 heavy (non-hydrogen) atoms. The van der Waals surface area contributed by atoms with Gasteiger partial charge in [0.05, 0.1) is 13.2 Å². The minimum atomic E-state index is 0.263. The number of ether oxygens (including phenoxy) is 1. The fourth-order valence-corrected chi connectivity index (χ4v) is 2.57. The van der Waals surface area contributed by atoms with E-state index in [-0.39, 0.29) is 12.0 Å². The van der Waals surface area contributed by atoms with Crippen molar-refractivity contribution in [3.63, 3.8) is 0 Å². The van der Waals surface area contributed by atoms with Gasteiger partial charge < -0.3 is 14.6 Å². The number of hydrogen-bond acceptors (Lipinski definition) is 5. The van der Waals surface area contributed by atoms with Crippen LogP contribution in [0.25, 0.3) is 0 Å². The molecule has 0 spiro atoms. The van der Waals surface area contributed by atoms with Crippen molar-refractivity contribution < 1.29 is 9.26 Å². The van der Waals surface area contributed by atoms with Gasteiger partial charge in [-0.25, -0.2) is 0 Å². The Kier molecular flexibility index (Phi) is 3.92. The fourth-order valence-electron chi connectivity index (χ4n) is 2.57. The van der Waals surface area contributed by atoms with Gasteiger partial charge in [-0.1, -0.05) is 37.2 Å². The second kappa shape index (κ2) is 5.85. The second-order valence-electron chi connectivity index (χ2n) is 5.83. The zero-order valence-corrected chi connectivity index (χ0v) is 12.7. The van der Waals surface area contributed by atoms with Crippen LogP contribution in [0.2, 0.25) is 0 Å². The molecule has 1 aromatic carbocycles. The highest BCUT2D eigenvalue weighted by molar-refractivity contribution is 5.40. The number of rotatable bonds is 5. The van der Waals surface area contributed by atoms with Crippen molar-refractivity contribution in [1.29, 1.82) is 0 Å². The number of hydrogen-bond donors (Lipinski definition) is 1. The SMILES string of the molecule is CC(C)c1nc(CN[C@@H](C)[C@H]2COc3ccccc32)no1.